The van der Waals surface area contributed by atoms with Crippen LogP contribution in [0.5, 0.6) is 34.5 Å². The third-order valence-corrected chi connectivity index (χ3v) is 3.89. The van der Waals surface area contributed by atoms with Gasteiger partial charge in [0, 0.05) is 18.1 Å². The molecule has 0 unspecified atom stereocenters. The number of benzene rings is 2. The fourth-order valence-electron chi connectivity index (χ4n) is 2.73. The smallest absolute Gasteiger partial charge is 0.231 e. The minimum atomic E-state index is 0.0271. The zero-order valence-corrected chi connectivity index (χ0v) is 12.3. The molecule has 0 saturated carbocycles. The van der Waals surface area contributed by atoms with Crippen LogP contribution in [-0.4, -0.2) is 24.1 Å². The standard InChI is InChI=1S/C17H14O6/c1-20-15-6-14-10(4-12(15)18)2-11(7-21-14)9-3-13(19)17-16(5-9)22-8-23-17/h3-7,18-19H,2,8H2,1H3. The number of hydrogen-bond donors (Lipinski definition) is 2. The molecule has 0 amide bonds. The number of ether oxygens (including phenoxy) is 4. The Hall–Kier alpha value is -3.02. The summed E-state index contributed by atoms with van der Waals surface area (Å²) in [4.78, 5) is 0. The van der Waals surface area contributed by atoms with Gasteiger partial charge in [0.25, 0.3) is 0 Å². The Kier molecular flexibility index (Phi) is 2.97. The average Bonchev–Trinajstić information content (AvgIpc) is 3.02. The van der Waals surface area contributed by atoms with E-state index in [4.69, 9.17) is 18.9 Å². The topological polar surface area (TPSA) is 77.4 Å². The number of methoxy groups -OCH3 is 1. The lowest BCUT2D eigenvalue weighted by molar-refractivity contribution is 0.171. The Morgan fingerprint density at radius 1 is 1.00 bits per heavy atom. The molecule has 0 radical (unpaired) electrons. The Balaban J connectivity index is 1.70. The monoisotopic (exact) mass is 314 g/mol. The summed E-state index contributed by atoms with van der Waals surface area (Å²) in [5.74, 6) is 1.94. The van der Waals surface area contributed by atoms with Gasteiger partial charge in [0.15, 0.2) is 23.0 Å². The summed E-state index contributed by atoms with van der Waals surface area (Å²) in [6.45, 7) is 0.0956. The summed E-state index contributed by atoms with van der Waals surface area (Å²) in [5, 5.41) is 19.9. The van der Waals surface area contributed by atoms with Crippen molar-refractivity contribution in [2.75, 3.05) is 13.9 Å². The lowest BCUT2D eigenvalue weighted by Gasteiger charge is -2.19. The van der Waals surface area contributed by atoms with E-state index in [1.165, 1.54) is 7.11 Å². The molecule has 4 rings (SSSR count). The molecule has 2 aromatic carbocycles. The quantitative estimate of drug-likeness (QED) is 0.887. The van der Waals surface area contributed by atoms with Crippen LogP contribution in [0.15, 0.2) is 30.5 Å². The van der Waals surface area contributed by atoms with Crippen LogP contribution >= 0.6 is 0 Å². The van der Waals surface area contributed by atoms with E-state index in [-0.39, 0.29) is 18.3 Å². The van der Waals surface area contributed by atoms with Gasteiger partial charge in [-0.2, -0.15) is 0 Å². The molecule has 0 aliphatic carbocycles. The first-order chi connectivity index (χ1) is 11.2. The summed E-state index contributed by atoms with van der Waals surface area (Å²) in [7, 11) is 1.49. The minimum absolute atomic E-state index is 0.0271. The molecule has 0 bridgehead atoms. The van der Waals surface area contributed by atoms with Crippen molar-refractivity contribution in [3.63, 3.8) is 0 Å². The van der Waals surface area contributed by atoms with Gasteiger partial charge in [-0.3, -0.25) is 0 Å². The Morgan fingerprint density at radius 2 is 1.87 bits per heavy atom. The maximum Gasteiger partial charge on any atom is 0.231 e. The number of phenolic OH excluding ortho intramolecular Hbond substituents is 2. The lowest BCUT2D eigenvalue weighted by atomic mass is 9.96. The summed E-state index contributed by atoms with van der Waals surface area (Å²) >= 11 is 0. The number of rotatable bonds is 2. The van der Waals surface area contributed by atoms with Gasteiger partial charge in [-0.1, -0.05) is 0 Å². The molecule has 2 aliphatic heterocycles. The molecule has 0 spiro atoms. The first-order valence-corrected chi connectivity index (χ1v) is 7.04. The van der Waals surface area contributed by atoms with Crippen molar-refractivity contribution in [1.29, 1.82) is 0 Å². The van der Waals surface area contributed by atoms with E-state index in [0.717, 1.165) is 16.7 Å². The van der Waals surface area contributed by atoms with Crippen LogP contribution in [0.25, 0.3) is 5.57 Å². The van der Waals surface area contributed by atoms with Crippen molar-refractivity contribution >= 4 is 5.57 Å². The van der Waals surface area contributed by atoms with Crippen LogP contribution < -0.4 is 18.9 Å². The van der Waals surface area contributed by atoms with Crippen LogP contribution in [0.1, 0.15) is 11.1 Å². The molecular formula is C17H14O6. The van der Waals surface area contributed by atoms with Crippen LogP contribution in [0.4, 0.5) is 0 Å². The summed E-state index contributed by atoms with van der Waals surface area (Å²) < 4.78 is 21.2. The molecule has 23 heavy (non-hydrogen) atoms. The molecule has 0 aromatic heterocycles. The van der Waals surface area contributed by atoms with Crippen molar-refractivity contribution in [2.45, 2.75) is 6.42 Å². The average molecular weight is 314 g/mol. The summed E-state index contributed by atoms with van der Waals surface area (Å²) in [6.07, 6.45) is 2.17. The second-order valence-corrected chi connectivity index (χ2v) is 5.30. The molecule has 6 heteroatoms. The molecule has 2 aromatic rings. The van der Waals surface area contributed by atoms with Gasteiger partial charge in [-0.15, -0.1) is 0 Å². The van der Waals surface area contributed by atoms with Crippen molar-refractivity contribution in [1.82, 2.24) is 0 Å². The molecule has 2 heterocycles. The van der Waals surface area contributed by atoms with Crippen LogP contribution in [0, 0.1) is 0 Å². The van der Waals surface area contributed by atoms with Gasteiger partial charge in [-0.25, -0.2) is 0 Å². The summed E-state index contributed by atoms with van der Waals surface area (Å²) in [5.41, 5.74) is 2.46. The molecule has 0 atom stereocenters. The second kappa shape index (κ2) is 5.01. The van der Waals surface area contributed by atoms with E-state index in [0.29, 0.717) is 29.4 Å². The van der Waals surface area contributed by atoms with Gasteiger partial charge < -0.3 is 29.2 Å². The predicted octanol–water partition coefficient (Wildman–Crippen LogP) is 2.81. The zero-order chi connectivity index (χ0) is 16.0. The SMILES string of the molecule is COc1cc2c(cc1O)CC(c1cc(O)c3c(c1)OCO3)=CO2. The fraction of sp³-hybridized carbons (Fsp3) is 0.176. The second-order valence-electron chi connectivity index (χ2n) is 5.30. The third-order valence-electron chi connectivity index (χ3n) is 3.89. The highest BCUT2D eigenvalue weighted by atomic mass is 16.7. The third kappa shape index (κ3) is 2.19. The van der Waals surface area contributed by atoms with E-state index < -0.39 is 0 Å². The van der Waals surface area contributed by atoms with E-state index in [2.05, 4.69) is 0 Å². The van der Waals surface area contributed by atoms with Crippen LogP contribution in [0.3, 0.4) is 0 Å². The van der Waals surface area contributed by atoms with E-state index >= 15 is 0 Å². The summed E-state index contributed by atoms with van der Waals surface area (Å²) in [6, 6.07) is 6.67. The van der Waals surface area contributed by atoms with E-state index in [9.17, 15) is 10.2 Å². The Bertz CT molecular complexity index is 824. The van der Waals surface area contributed by atoms with E-state index in [1.54, 1.807) is 30.5 Å². The number of fused-ring (bicyclic) bond motifs is 2. The van der Waals surface area contributed by atoms with Gasteiger partial charge in [0.2, 0.25) is 12.5 Å². The van der Waals surface area contributed by atoms with Gasteiger partial charge >= 0.3 is 0 Å². The highest BCUT2D eigenvalue weighted by Crippen LogP contribution is 2.44. The van der Waals surface area contributed by atoms with Gasteiger partial charge in [-0.05, 0) is 29.3 Å². The largest absolute Gasteiger partial charge is 0.504 e. The number of aromatic hydroxyl groups is 2. The Morgan fingerprint density at radius 3 is 2.70 bits per heavy atom. The number of allylic oxidation sites excluding steroid dienone is 1. The molecule has 2 aliphatic rings. The van der Waals surface area contributed by atoms with Gasteiger partial charge in [0.05, 0.1) is 13.4 Å². The lowest BCUT2D eigenvalue weighted by Crippen LogP contribution is -2.03. The molecule has 0 fully saturated rings. The normalized spacial score (nSPS) is 14.7. The zero-order valence-electron chi connectivity index (χ0n) is 12.3. The van der Waals surface area contributed by atoms with E-state index in [1.807, 2.05) is 0 Å². The van der Waals surface area contributed by atoms with Crippen molar-refractivity contribution < 1.29 is 29.2 Å². The number of phenols is 2. The molecule has 0 saturated heterocycles. The highest BCUT2D eigenvalue weighted by molar-refractivity contribution is 5.74. The first-order valence-electron chi connectivity index (χ1n) is 7.04. The van der Waals surface area contributed by atoms with Crippen molar-refractivity contribution in [3.05, 3.63) is 41.7 Å². The molecule has 118 valence electrons. The molecule has 2 N–H and O–H groups in total. The first kappa shape index (κ1) is 13.6. The maximum atomic E-state index is 10.0. The van der Waals surface area contributed by atoms with Gasteiger partial charge in [0.1, 0.15) is 5.75 Å². The van der Waals surface area contributed by atoms with Crippen molar-refractivity contribution in [2.24, 2.45) is 0 Å². The Labute approximate surface area is 132 Å². The molecular weight excluding hydrogens is 300 g/mol. The van der Waals surface area contributed by atoms with Crippen LogP contribution in [-0.2, 0) is 6.42 Å². The highest BCUT2D eigenvalue weighted by Gasteiger charge is 2.23. The minimum Gasteiger partial charge on any atom is -0.504 e. The fourth-order valence-corrected chi connectivity index (χ4v) is 2.73. The molecule has 6 nitrogen and oxygen atoms in total. The predicted molar refractivity (Wildman–Crippen MR) is 81.2 cm³/mol. The number of hydrogen-bond acceptors (Lipinski definition) is 6. The van der Waals surface area contributed by atoms with Crippen molar-refractivity contribution in [3.8, 4) is 34.5 Å². The maximum absolute atomic E-state index is 10.0. The van der Waals surface area contributed by atoms with Crippen LogP contribution in [0.2, 0.25) is 0 Å².